The first kappa shape index (κ1) is 14.1. The summed E-state index contributed by atoms with van der Waals surface area (Å²) in [6.45, 7) is 4.38. The Morgan fingerprint density at radius 1 is 1.13 bits per heavy atom. The first-order valence-corrected chi connectivity index (χ1v) is 7.94. The molecule has 4 heteroatoms. The Balaban J connectivity index is 2.01. The second kappa shape index (κ2) is 5.02. The summed E-state index contributed by atoms with van der Waals surface area (Å²) in [6.07, 6.45) is 4.34. The molecule has 23 heavy (non-hydrogen) atoms. The van der Waals surface area contributed by atoms with Crippen LogP contribution in [-0.4, -0.2) is 18.7 Å². The van der Waals surface area contributed by atoms with E-state index in [0.29, 0.717) is 0 Å². The van der Waals surface area contributed by atoms with E-state index >= 15 is 0 Å². The predicted octanol–water partition coefficient (Wildman–Crippen LogP) is 1.98. The highest BCUT2D eigenvalue weighted by Crippen LogP contribution is 2.29. The number of para-hydroxylation sites is 1. The summed E-state index contributed by atoms with van der Waals surface area (Å²) in [7, 11) is 4.21. The molecule has 0 amide bonds. The number of pyridine rings is 1. The highest BCUT2D eigenvalue weighted by atomic mass is 16.3. The highest BCUT2D eigenvalue weighted by Gasteiger charge is 2.40. The number of allylic oxidation sites excluding steroid dienone is 1. The summed E-state index contributed by atoms with van der Waals surface area (Å²) >= 11 is 0. The van der Waals surface area contributed by atoms with Gasteiger partial charge in [-0.25, -0.2) is 4.57 Å². The van der Waals surface area contributed by atoms with Crippen molar-refractivity contribution in [3.8, 4) is 0 Å². The monoisotopic (exact) mass is 303 g/mol. The second-order valence-corrected chi connectivity index (χ2v) is 6.46. The average molecular weight is 303 g/mol. The van der Waals surface area contributed by atoms with Crippen LogP contribution in [0.3, 0.4) is 0 Å². The van der Waals surface area contributed by atoms with Crippen LogP contribution in [0, 0.1) is 6.92 Å². The number of nitrogens with zero attached hydrogens (tertiary/aromatic N) is 2. The molecule has 0 N–H and O–H groups in total. The molecule has 1 aliphatic rings. The predicted molar refractivity (Wildman–Crippen MR) is 95.0 cm³/mol. The third-order valence-corrected chi connectivity index (χ3v) is 4.69. The Bertz CT molecular complexity index is 942. The second-order valence-electron chi connectivity index (χ2n) is 6.46. The van der Waals surface area contributed by atoms with Gasteiger partial charge in [-0.1, -0.05) is 18.2 Å². The van der Waals surface area contributed by atoms with Gasteiger partial charge in [0.05, 0.1) is 0 Å². The van der Waals surface area contributed by atoms with Crippen LogP contribution in [0.4, 0.5) is 0 Å². The number of hydrogen-bond acceptors (Lipinski definition) is 2. The van der Waals surface area contributed by atoms with Crippen molar-refractivity contribution in [2.24, 2.45) is 7.05 Å². The van der Waals surface area contributed by atoms with Gasteiger partial charge in [0.1, 0.15) is 18.3 Å². The standard InChI is InChI=1S/C19H20BN2O/c1-13-9-10-21(3)17(11-13)20-19-18(14(2)12-22(20)4)15-7-5-6-8-16(15)23-19/h5-12H,1-4H3/q+1. The molecule has 1 aliphatic heterocycles. The molecule has 0 atom stereocenters. The number of rotatable bonds is 1. The van der Waals surface area contributed by atoms with Gasteiger partial charge in [0, 0.05) is 23.1 Å². The molecule has 0 spiro atoms. The zero-order chi connectivity index (χ0) is 16.1. The van der Waals surface area contributed by atoms with E-state index in [1.54, 1.807) is 0 Å². The minimum Gasteiger partial charge on any atom is -0.467 e. The SMILES string of the molecule is CC1=CN(C)B(c2cc(C)cc[n+]2C)c2oc3ccccc3c21. The van der Waals surface area contributed by atoms with E-state index in [9.17, 15) is 0 Å². The van der Waals surface area contributed by atoms with Gasteiger partial charge in [0.25, 0.3) is 0 Å². The van der Waals surface area contributed by atoms with E-state index in [1.807, 2.05) is 12.1 Å². The normalized spacial score (nSPS) is 14.2. The van der Waals surface area contributed by atoms with E-state index in [0.717, 1.165) is 11.2 Å². The van der Waals surface area contributed by atoms with Crippen LogP contribution in [0.2, 0.25) is 0 Å². The van der Waals surface area contributed by atoms with Gasteiger partial charge >= 0.3 is 6.85 Å². The number of fused-ring (bicyclic) bond motifs is 3. The van der Waals surface area contributed by atoms with Crippen LogP contribution >= 0.6 is 0 Å². The number of furan rings is 1. The number of aryl methyl sites for hydroxylation is 2. The van der Waals surface area contributed by atoms with Gasteiger partial charge in [-0.2, -0.15) is 0 Å². The minimum atomic E-state index is 0.0889. The lowest BCUT2D eigenvalue weighted by Gasteiger charge is -2.26. The van der Waals surface area contributed by atoms with Gasteiger partial charge < -0.3 is 9.23 Å². The van der Waals surface area contributed by atoms with Crippen LogP contribution in [0.15, 0.2) is 53.2 Å². The van der Waals surface area contributed by atoms with Crippen LogP contribution in [-0.2, 0) is 7.05 Å². The largest absolute Gasteiger partial charge is 0.467 e. The summed E-state index contributed by atoms with van der Waals surface area (Å²) in [5, 5.41) is 1.20. The van der Waals surface area contributed by atoms with E-state index in [2.05, 4.69) is 74.0 Å². The lowest BCUT2D eigenvalue weighted by atomic mass is 9.52. The molecule has 0 saturated heterocycles. The van der Waals surface area contributed by atoms with Gasteiger partial charge in [0.2, 0.25) is 0 Å². The summed E-state index contributed by atoms with van der Waals surface area (Å²) in [4.78, 5) is 2.24. The molecule has 4 rings (SSSR count). The van der Waals surface area contributed by atoms with E-state index in [4.69, 9.17) is 4.42 Å². The molecule has 0 radical (unpaired) electrons. The van der Waals surface area contributed by atoms with Crippen molar-refractivity contribution in [3.05, 3.63) is 59.9 Å². The van der Waals surface area contributed by atoms with Gasteiger partial charge in [-0.3, -0.25) is 0 Å². The quantitative estimate of drug-likeness (QED) is 0.506. The third kappa shape index (κ3) is 2.09. The van der Waals surface area contributed by atoms with Crippen LogP contribution in [0.25, 0.3) is 16.5 Å². The molecule has 3 aromatic rings. The summed E-state index contributed by atoms with van der Waals surface area (Å²) in [5.41, 5.74) is 6.98. The Morgan fingerprint density at radius 2 is 1.91 bits per heavy atom. The lowest BCUT2D eigenvalue weighted by molar-refractivity contribution is -0.654. The Morgan fingerprint density at radius 3 is 2.74 bits per heavy atom. The molecule has 0 unspecified atom stereocenters. The molecule has 0 fully saturated rings. The molecular formula is C19H20BN2O+. The lowest BCUT2D eigenvalue weighted by Crippen LogP contribution is -2.65. The van der Waals surface area contributed by atoms with Crippen molar-refractivity contribution in [2.45, 2.75) is 13.8 Å². The smallest absolute Gasteiger partial charge is 0.443 e. The van der Waals surface area contributed by atoms with E-state index in [1.165, 1.54) is 27.7 Å². The third-order valence-electron chi connectivity index (χ3n) is 4.69. The minimum absolute atomic E-state index is 0.0889. The van der Waals surface area contributed by atoms with Crippen molar-refractivity contribution in [2.75, 3.05) is 7.05 Å². The van der Waals surface area contributed by atoms with Gasteiger partial charge in [-0.05, 0) is 44.3 Å². The van der Waals surface area contributed by atoms with Gasteiger partial charge in [0.15, 0.2) is 11.8 Å². The highest BCUT2D eigenvalue weighted by molar-refractivity contribution is 6.82. The maximum Gasteiger partial charge on any atom is 0.443 e. The molecular weight excluding hydrogens is 283 g/mol. The number of aromatic nitrogens is 1. The fraction of sp³-hybridized carbons (Fsp3) is 0.211. The maximum atomic E-state index is 6.30. The number of benzene rings is 1. The van der Waals surface area contributed by atoms with Crippen molar-refractivity contribution >= 4 is 34.6 Å². The van der Waals surface area contributed by atoms with Crippen molar-refractivity contribution in [3.63, 3.8) is 0 Å². The summed E-state index contributed by atoms with van der Waals surface area (Å²) < 4.78 is 8.48. The molecule has 0 bridgehead atoms. The Labute approximate surface area is 136 Å². The Kier molecular flexibility index (Phi) is 3.08. The topological polar surface area (TPSA) is 20.3 Å². The molecule has 3 heterocycles. The molecule has 1 aromatic carbocycles. The maximum absolute atomic E-state index is 6.30. The van der Waals surface area contributed by atoms with Gasteiger partial charge in [-0.15, -0.1) is 0 Å². The molecule has 0 aliphatic carbocycles. The zero-order valence-electron chi connectivity index (χ0n) is 14.0. The van der Waals surface area contributed by atoms with E-state index in [-0.39, 0.29) is 6.85 Å². The van der Waals surface area contributed by atoms with Crippen LogP contribution < -0.4 is 15.8 Å². The number of hydrogen-bond donors (Lipinski definition) is 0. The average Bonchev–Trinajstić information content (AvgIpc) is 2.90. The summed E-state index contributed by atoms with van der Waals surface area (Å²) in [5.74, 6) is 0. The summed E-state index contributed by atoms with van der Waals surface area (Å²) in [6, 6.07) is 12.7. The molecule has 2 aromatic heterocycles. The van der Waals surface area contributed by atoms with Crippen LogP contribution in [0.5, 0.6) is 0 Å². The Hall–Kier alpha value is -2.49. The zero-order valence-corrected chi connectivity index (χ0v) is 14.0. The van der Waals surface area contributed by atoms with Crippen LogP contribution in [0.1, 0.15) is 18.1 Å². The van der Waals surface area contributed by atoms with E-state index < -0.39 is 0 Å². The molecule has 3 nitrogen and oxygen atoms in total. The van der Waals surface area contributed by atoms with Crippen molar-refractivity contribution in [1.29, 1.82) is 0 Å². The van der Waals surface area contributed by atoms with Crippen molar-refractivity contribution < 1.29 is 8.98 Å². The first-order chi connectivity index (χ1) is 11.1. The fourth-order valence-corrected chi connectivity index (χ4v) is 3.61. The molecule has 0 saturated carbocycles. The fourth-order valence-electron chi connectivity index (χ4n) is 3.61. The molecule has 114 valence electrons. The first-order valence-electron chi connectivity index (χ1n) is 7.94. The van der Waals surface area contributed by atoms with Crippen molar-refractivity contribution in [1.82, 2.24) is 4.81 Å².